The van der Waals surface area contributed by atoms with E-state index in [-0.39, 0.29) is 0 Å². The van der Waals surface area contributed by atoms with Crippen LogP contribution in [0.5, 0.6) is 0 Å². The highest BCUT2D eigenvalue weighted by Crippen LogP contribution is 2.22. The summed E-state index contributed by atoms with van der Waals surface area (Å²) in [5.41, 5.74) is 1.01. The molecule has 0 amide bonds. The predicted octanol–water partition coefficient (Wildman–Crippen LogP) is 2.80. The molecule has 1 aliphatic rings. The van der Waals surface area contributed by atoms with E-state index in [9.17, 15) is 0 Å². The van der Waals surface area contributed by atoms with E-state index in [0.717, 1.165) is 29.7 Å². The number of nitrogens with zero attached hydrogens (tertiary/aromatic N) is 1. The largest absolute Gasteiger partial charge is 0.370 e. The number of fused-ring (bicyclic) bond motifs is 1. The van der Waals surface area contributed by atoms with Crippen LogP contribution in [-0.2, 0) is 9.47 Å². The highest BCUT2D eigenvalue weighted by molar-refractivity contribution is 5.79. The number of para-hydroxylation sites is 1. The van der Waals surface area contributed by atoms with Gasteiger partial charge in [-0.1, -0.05) is 18.2 Å². The zero-order valence-electron chi connectivity index (χ0n) is 11.1. The number of nitrogens with one attached hydrogen (secondary N) is 1. The fourth-order valence-electron chi connectivity index (χ4n) is 2.28. The summed E-state index contributed by atoms with van der Waals surface area (Å²) >= 11 is 0. The fourth-order valence-corrected chi connectivity index (χ4v) is 2.28. The molecular formula is C15H18N2O2. The number of anilines is 1. The summed E-state index contributed by atoms with van der Waals surface area (Å²) in [5, 5.41) is 4.47. The van der Waals surface area contributed by atoms with Gasteiger partial charge in [0.25, 0.3) is 0 Å². The van der Waals surface area contributed by atoms with Crippen LogP contribution in [0.2, 0.25) is 0 Å². The number of hydrogen-bond donors (Lipinski definition) is 1. The van der Waals surface area contributed by atoms with Crippen molar-refractivity contribution in [3.63, 3.8) is 0 Å². The Morgan fingerprint density at radius 2 is 1.95 bits per heavy atom. The van der Waals surface area contributed by atoms with Crippen molar-refractivity contribution in [2.24, 2.45) is 0 Å². The lowest BCUT2D eigenvalue weighted by molar-refractivity contribution is -0.144. The number of rotatable bonds is 4. The predicted molar refractivity (Wildman–Crippen MR) is 75.2 cm³/mol. The first-order valence-corrected chi connectivity index (χ1v) is 6.63. The van der Waals surface area contributed by atoms with Crippen molar-refractivity contribution in [2.45, 2.75) is 19.1 Å². The van der Waals surface area contributed by atoms with Crippen molar-refractivity contribution in [3.8, 4) is 0 Å². The molecule has 0 atom stereocenters. The van der Waals surface area contributed by atoms with Gasteiger partial charge in [0.15, 0.2) is 5.79 Å². The molecule has 0 unspecified atom stereocenters. The molecule has 1 fully saturated rings. The summed E-state index contributed by atoms with van der Waals surface area (Å²) < 4.78 is 11.1. The lowest BCUT2D eigenvalue weighted by atomic mass is 10.2. The van der Waals surface area contributed by atoms with Gasteiger partial charge in [-0.15, -0.1) is 0 Å². The van der Waals surface area contributed by atoms with Crippen LogP contribution in [0, 0.1) is 0 Å². The second-order valence-electron chi connectivity index (χ2n) is 4.90. The molecule has 4 nitrogen and oxygen atoms in total. The smallest absolute Gasteiger partial charge is 0.167 e. The standard InChI is InChI=1S/C15H18N2O2/c1-15(18-10-11-19-15)8-9-16-14-7-6-12-4-2-3-5-13(12)17-14/h2-7H,8-11H2,1H3,(H,16,17). The van der Waals surface area contributed by atoms with Crippen molar-refractivity contribution >= 4 is 16.7 Å². The van der Waals surface area contributed by atoms with Crippen LogP contribution in [0.1, 0.15) is 13.3 Å². The topological polar surface area (TPSA) is 43.4 Å². The Morgan fingerprint density at radius 3 is 2.79 bits per heavy atom. The van der Waals surface area contributed by atoms with E-state index in [1.165, 1.54) is 0 Å². The van der Waals surface area contributed by atoms with E-state index >= 15 is 0 Å². The normalized spacial score (nSPS) is 17.7. The third-order valence-corrected chi connectivity index (χ3v) is 3.38. The van der Waals surface area contributed by atoms with Gasteiger partial charge in [-0.25, -0.2) is 4.98 Å². The lowest BCUT2D eigenvalue weighted by Gasteiger charge is -2.22. The zero-order valence-corrected chi connectivity index (χ0v) is 11.1. The van der Waals surface area contributed by atoms with Gasteiger partial charge in [0.1, 0.15) is 5.82 Å². The summed E-state index contributed by atoms with van der Waals surface area (Å²) in [6.45, 7) is 4.13. The van der Waals surface area contributed by atoms with Gasteiger partial charge in [0.05, 0.1) is 18.7 Å². The maximum absolute atomic E-state index is 5.57. The van der Waals surface area contributed by atoms with E-state index in [0.29, 0.717) is 13.2 Å². The van der Waals surface area contributed by atoms with E-state index < -0.39 is 5.79 Å². The third kappa shape index (κ3) is 2.85. The fraction of sp³-hybridized carbons (Fsp3) is 0.400. The first kappa shape index (κ1) is 12.4. The SMILES string of the molecule is CC1(CCNc2ccc3ccccc3n2)OCCO1. The minimum Gasteiger partial charge on any atom is -0.370 e. The molecule has 0 bridgehead atoms. The lowest BCUT2D eigenvalue weighted by Crippen LogP contribution is -2.28. The van der Waals surface area contributed by atoms with Crippen molar-refractivity contribution in [1.29, 1.82) is 0 Å². The maximum Gasteiger partial charge on any atom is 0.167 e. The van der Waals surface area contributed by atoms with Crippen LogP contribution in [0.15, 0.2) is 36.4 Å². The first-order valence-electron chi connectivity index (χ1n) is 6.63. The van der Waals surface area contributed by atoms with E-state index in [1.54, 1.807) is 0 Å². The number of benzene rings is 1. The molecule has 2 heterocycles. The van der Waals surface area contributed by atoms with Crippen LogP contribution >= 0.6 is 0 Å². The Labute approximate surface area is 112 Å². The van der Waals surface area contributed by atoms with Gasteiger partial charge < -0.3 is 14.8 Å². The minimum atomic E-state index is -0.441. The first-order chi connectivity index (χ1) is 9.25. The molecule has 0 saturated carbocycles. The molecule has 0 aliphatic carbocycles. The van der Waals surface area contributed by atoms with Crippen LogP contribution < -0.4 is 5.32 Å². The van der Waals surface area contributed by atoms with Crippen LogP contribution in [0.3, 0.4) is 0 Å². The van der Waals surface area contributed by atoms with Crippen LogP contribution in [-0.4, -0.2) is 30.5 Å². The molecule has 1 N–H and O–H groups in total. The third-order valence-electron chi connectivity index (χ3n) is 3.38. The Hall–Kier alpha value is -1.65. The molecule has 1 aromatic heterocycles. The highest BCUT2D eigenvalue weighted by atomic mass is 16.7. The van der Waals surface area contributed by atoms with E-state index in [2.05, 4.69) is 22.4 Å². The Balaban J connectivity index is 1.62. The van der Waals surface area contributed by atoms with Crippen LogP contribution in [0.4, 0.5) is 5.82 Å². The van der Waals surface area contributed by atoms with Crippen LogP contribution in [0.25, 0.3) is 10.9 Å². The molecule has 100 valence electrons. The second kappa shape index (κ2) is 5.15. The van der Waals surface area contributed by atoms with Gasteiger partial charge in [-0.3, -0.25) is 0 Å². The van der Waals surface area contributed by atoms with Crippen molar-refractivity contribution < 1.29 is 9.47 Å². The molecular weight excluding hydrogens is 240 g/mol. The van der Waals surface area contributed by atoms with Gasteiger partial charge in [-0.05, 0) is 25.1 Å². The monoisotopic (exact) mass is 258 g/mol. The van der Waals surface area contributed by atoms with Crippen molar-refractivity contribution in [2.75, 3.05) is 25.1 Å². The molecule has 4 heteroatoms. The van der Waals surface area contributed by atoms with Gasteiger partial charge in [0.2, 0.25) is 0 Å². The Morgan fingerprint density at radius 1 is 1.16 bits per heavy atom. The molecule has 0 radical (unpaired) electrons. The molecule has 1 aromatic carbocycles. The van der Waals surface area contributed by atoms with Gasteiger partial charge >= 0.3 is 0 Å². The maximum atomic E-state index is 5.57. The van der Waals surface area contributed by atoms with E-state index in [1.807, 2.05) is 31.2 Å². The average Bonchev–Trinajstić information content (AvgIpc) is 2.86. The highest BCUT2D eigenvalue weighted by Gasteiger charge is 2.30. The molecule has 3 rings (SSSR count). The average molecular weight is 258 g/mol. The number of hydrogen-bond acceptors (Lipinski definition) is 4. The molecule has 1 aliphatic heterocycles. The molecule has 1 saturated heterocycles. The molecule has 0 spiro atoms. The number of aromatic nitrogens is 1. The van der Waals surface area contributed by atoms with E-state index in [4.69, 9.17) is 9.47 Å². The number of pyridine rings is 1. The van der Waals surface area contributed by atoms with Gasteiger partial charge in [-0.2, -0.15) is 0 Å². The van der Waals surface area contributed by atoms with Gasteiger partial charge in [0, 0.05) is 18.4 Å². The van der Waals surface area contributed by atoms with Crippen molar-refractivity contribution in [3.05, 3.63) is 36.4 Å². The quantitative estimate of drug-likeness (QED) is 0.915. The Kier molecular flexibility index (Phi) is 3.36. The Bertz CT molecular complexity index is 565. The second-order valence-corrected chi connectivity index (χ2v) is 4.90. The molecule has 2 aromatic rings. The minimum absolute atomic E-state index is 0.441. The summed E-state index contributed by atoms with van der Waals surface area (Å²) in [7, 11) is 0. The summed E-state index contributed by atoms with van der Waals surface area (Å²) in [6, 6.07) is 12.2. The summed E-state index contributed by atoms with van der Waals surface area (Å²) in [5.74, 6) is 0.449. The summed E-state index contributed by atoms with van der Waals surface area (Å²) in [6.07, 6.45) is 0.807. The molecule has 19 heavy (non-hydrogen) atoms. The zero-order chi connectivity index (χ0) is 13.1. The summed E-state index contributed by atoms with van der Waals surface area (Å²) in [4.78, 5) is 4.57. The number of ether oxygens (including phenoxy) is 2. The van der Waals surface area contributed by atoms with Crippen molar-refractivity contribution in [1.82, 2.24) is 4.98 Å².